The van der Waals surface area contributed by atoms with Gasteiger partial charge in [0.25, 0.3) is 5.91 Å². The first-order valence-electron chi connectivity index (χ1n) is 6.65. The second-order valence-corrected chi connectivity index (χ2v) is 4.40. The SMILES string of the molecule is CCc1ccc(-c2cnc(C(N)=O)nc2OCCO)cc1. The molecule has 1 aromatic carbocycles. The molecule has 0 spiro atoms. The summed E-state index contributed by atoms with van der Waals surface area (Å²) in [4.78, 5) is 19.1. The van der Waals surface area contributed by atoms with E-state index in [9.17, 15) is 4.79 Å². The van der Waals surface area contributed by atoms with Crippen molar-refractivity contribution in [2.45, 2.75) is 13.3 Å². The molecule has 110 valence electrons. The first-order chi connectivity index (χ1) is 10.2. The van der Waals surface area contributed by atoms with E-state index in [-0.39, 0.29) is 24.9 Å². The van der Waals surface area contributed by atoms with Crippen molar-refractivity contribution in [3.63, 3.8) is 0 Å². The van der Waals surface area contributed by atoms with Crippen LogP contribution in [0.15, 0.2) is 30.5 Å². The fourth-order valence-corrected chi connectivity index (χ4v) is 1.86. The summed E-state index contributed by atoms with van der Waals surface area (Å²) in [7, 11) is 0. The Morgan fingerprint density at radius 1 is 1.33 bits per heavy atom. The summed E-state index contributed by atoms with van der Waals surface area (Å²) in [6, 6.07) is 7.89. The predicted molar refractivity (Wildman–Crippen MR) is 77.9 cm³/mol. The van der Waals surface area contributed by atoms with Gasteiger partial charge in [-0.2, -0.15) is 4.98 Å². The van der Waals surface area contributed by atoms with E-state index in [0.29, 0.717) is 5.56 Å². The number of nitrogens with two attached hydrogens (primary N) is 1. The molecular formula is C15H17N3O3. The summed E-state index contributed by atoms with van der Waals surface area (Å²) in [5, 5.41) is 8.88. The van der Waals surface area contributed by atoms with Crippen LogP contribution in [0.2, 0.25) is 0 Å². The number of ether oxygens (including phenoxy) is 1. The Hall–Kier alpha value is -2.47. The first-order valence-corrected chi connectivity index (χ1v) is 6.65. The third-order valence-corrected chi connectivity index (χ3v) is 2.98. The van der Waals surface area contributed by atoms with E-state index in [1.807, 2.05) is 24.3 Å². The van der Waals surface area contributed by atoms with Crippen LogP contribution in [-0.2, 0) is 6.42 Å². The zero-order valence-electron chi connectivity index (χ0n) is 11.7. The molecule has 0 unspecified atom stereocenters. The van der Waals surface area contributed by atoms with E-state index < -0.39 is 5.91 Å². The molecule has 0 fully saturated rings. The molecule has 1 aromatic heterocycles. The molecule has 0 atom stereocenters. The molecule has 0 saturated carbocycles. The molecule has 6 nitrogen and oxygen atoms in total. The molecule has 6 heteroatoms. The van der Waals surface area contributed by atoms with Crippen LogP contribution in [0, 0.1) is 0 Å². The lowest BCUT2D eigenvalue weighted by molar-refractivity contribution is 0.0989. The molecule has 3 N–H and O–H groups in total. The van der Waals surface area contributed by atoms with Gasteiger partial charge in [-0.25, -0.2) is 4.98 Å². The highest BCUT2D eigenvalue weighted by Crippen LogP contribution is 2.28. The maximum absolute atomic E-state index is 11.2. The zero-order valence-corrected chi connectivity index (χ0v) is 11.7. The van der Waals surface area contributed by atoms with Gasteiger partial charge in [-0.1, -0.05) is 31.2 Å². The van der Waals surface area contributed by atoms with Gasteiger partial charge in [0.2, 0.25) is 11.7 Å². The minimum atomic E-state index is -0.725. The van der Waals surface area contributed by atoms with Crippen LogP contribution in [0.5, 0.6) is 5.88 Å². The summed E-state index contributed by atoms with van der Waals surface area (Å²) < 4.78 is 5.38. The van der Waals surface area contributed by atoms with E-state index in [0.717, 1.165) is 12.0 Å². The van der Waals surface area contributed by atoms with Crippen LogP contribution in [0.1, 0.15) is 23.1 Å². The number of amides is 1. The molecule has 0 bridgehead atoms. The number of aromatic nitrogens is 2. The molecule has 1 amide bonds. The monoisotopic (exact) mass is 287 g/mol. The van der Waals surface area contributed by atoms with Gasteiger partial charge in [-0.05, 0) is 17.5 Å². The number of primary amides is 1. The molecule has 0 aliphatic rings. The van der Waals surface area contributed by atoms with E-state index in [2.05, 4.69) is 16.9 Å². The van der Waals surface area contributed by atoms with Crippen LogP contribution >= 0.6 is 0 Å². The second kappa shape index (κ2) is 6.81. The summed E-state index contributed by atoms with van der Waals surface area (Å²) in [5.41, 5.74) is 7.90. The Bertz CT molecular complexity index is 627. The average molecular weight is 287 g/mol. The number of rotatable bonds is 6. The predicted octanol–water partition coefficient (Wildman–Crippen LogP) is 1.18. The molecule has 0 aliphatic heterocycles. The highest BCUT2D eigenvalue weighted by Gasteiger charge is 2.13. The van der Waals surface area contributed by atoms with Gasteiger partial charge in [0.1, 0.15) is 6.61 Å². The summed E-state index contributed by atoms with van der Waals surface area (Å²) in [5.74, 6) is -0.606. The number of aliphatic hydroxyl groups excluding tert-OH is 1. The fraction of sp³-hybridized carbons (Fsp3) is 0.267. The van der Waals surface area contributed by atoms with Crippen molar-refractivity contribution in [1.82, 2.24) is 9.97 Å². The smallest absolute Gasteiger partial charge is 0.286 e. The van der Waals surface area contributed by atoms with Crippen molar-refractivity contribution in [2.75, 3.05) is 13.2 Å². The molecule has 0 aliphatic carbocycles. The van der Waals surface area contributed by atoms with E-state index >= 15 is 0 Å². The van der Waals surface area contributed by atoms with Crippen molar-refractivity contribution in [1.29, 1.82) is 0 Å². The standard InChI is InChI=1S/C15H17N3O3/c1-2-10-3-5-11(6-4-10)12-9-17-14(13(16)20)18-15(12)21-8-7-19/h3-6,9,19H,2,7-8H2,1H3,(H2,16,20). The van der Waals surface area contributed by atoms with Crippen LogP contribution in [-0.4, -0.2) is 34.2 Å². The lowest BCUT2D eigenvalue weighted by atomic mass is 10.1. The lowest BCUT2D eigenvalue weighted by Gasteiger charge is -2.10. The largest absolute Gasteiger partial charge is 0.475 e. The maximum Gasteiger partial charge on any atom is 0.286 e. The number of hydrogen-bond acceptors (Lipinski definition) is 5. The van der Waals surface area contributed by atoms with Gasteiger partial charge in [0.05, 0.1) is 12.2 Å². The Morgan fingerprint density at radius 3 is 2.62 bits per heavy atom. The minimum absolute atomic E-state index is 0.0786. The summed E-state index contributed by atoms with van der Waals surface area (Å²) >= 11 is 0. The fourth-order valence-electron chi connectivity index (χ4n) is 1.86. The van der Waals surface area contributed by atoms with E-state index in [1.54, 1.807) is 0 Å². The normalized spacial score (nSPS) is 10.4. The van der Waals surface area contributed by atoms with Gasteiger partial charge in [-0.15, -0.1) is 0 Å². The van der Waals surface area contributed by atoms with E-state index in [1.165, 1.54) is 11.8 Å². The van der Waals surface area contributed by atoms with Crippen molar-refractivity contribution in [2.24, 2.45) is 5.73 Å². The number of carbonyl (C=O) groups is 1. The van der Waals surface area contributed by atoms with Crippen molar-refractivity contribution >= 4 is 5.91 Å². The number of aryl methyl sites for hydroxylation is 1. The van der Waals surface area contributed by atoms with Gasteiger partial charge in [0, 0.05) is 6.20 Å². The third kappa shape index (κ3) is 3.55. The van der Waals surface area contributed by atoms with E-state index in [4.69, 9.17) is 15.6 Å². The summed E-state index contributed by atoms with van der Waals surface area (Å²) in [6.07, 6.45) is 2.45. The quantitative estimate of drug-likeness (QED) is 0.831. The third-order valence-electron chi connectivity index (χ3n) is 2.98. The molecule has 0 saturated heterocycles. The second-order valence-electron chi connectivity index (χ2n) is 4.40. The van der Waals surface area contributed by atoms with Crippen LogP contribution < -0.4 is 10.5 Å². The van der Waals surface area contributed by atoms with Gasteiger partial charge in [0.15, 0.2) is 0 Å². The van der Waals surface area contributed by atoms with Crippen molar-refractivity contribution in [3.05, 3.63) is 41.9 Å². The zero-order chi connectivity index (χ0) is 15.2. The molecule has 2 aromatic rings. The molecule has 2 rings (SSSR count). The number of benzene rings is 1. The number of carbonyl (C=O) groups excluding carboxylic acids is 1. The molecular weight excluding hydrogens is 270 g/mol. The van der Waals surface area contributed by atoms with Gasteiger partial charge < -0.3 is 15.6 Å². The lowest BCUT2D eigenvalue weighted by Crippen LogP contribution is -2.16. The number of nitrogens with zero attached hydrogens (tertiary/aromatic N) is 2. The summed E-state index contributed by atoms with van der Waals surface area (Å²) in [6.45, 7) is 2.01. The molecule has 1 heterocycles. The Morgan fingerprint density at radius 2 is 2.05 bits per heavy atom. The Balaban J connectivity index is 2.42. The molecule has 0 radical (unpaired) electrons. The van der Waals surface area contributed by atoms with Crippen LogP contribution in [0.25, 0.3) is 11.1 Å². The number of hydrogen-bond donors (Lipinski definition) is 2. The van der Waals surface area contributed by atoms with Gasteiger partial charge in [-0.3, -0.25) is 4.79 Å². The van der Waals surface area contributed by atoms with Crippen molar-refractivity contribution in [3.8, 4) is 17.0 Å². The maximum atomic E-state index is 11.2. The average Bonchev–Trinajstić information content (AvgIpc) is 2.52. The molecule has 21 heavy (non-hydrogen) atoms. The van der Waals surface area contributed by atoms with Crippen molar-refractivity contribution < 1.29 is 14.6 Å². The van der Waals surface area contributed by atoms with Gasteiger partial charge >= 0.3 is 0 Å². The first kappa shape index (κ1) is 14.9. The minimum Gasteiger partial charge on any atom is -0.475 e. The Kier molecular flexibility index (Phi) is 4.84. The highest BCUT2D eigenvalue weighted by molar-refractivity contribution is 5.89. The van der Waals surface area contributed by atoms with Crippen LogP contribution in [0.3, 0.4) is 0 Å². The Labute approximate surface area is 122 Å². The van der Waals surface area contributed by atoms with Crippen LogP contribution in [0.4, 0.5) is 0 Å². The number of aliphatic hydroxyl groups is 1. The topological polar surface area (TPSA) is 98.3 Å². The highest BCUT2D eigenvalue weighted by atomic mass is 16.5.